The summed E-state index contributed by atoms with van der Waals surface area (Å²) >= 11 is 0. The number of unbranched alkanes of at least 4 members (excludes halogenated alkanes) is 1. The molecule has 0 aromatic carbocycles. The number of nitrogens with zero attached hydrogens (tertiary/aromatic N) is 5. The van der Waals surface area contributed by atoms with Crippen LogP contribution in [0.25, 0.3) is 0 Å². The fourth-order valence-electron chi connectivity index (χ4n) is 4.46. The van der Waals surface area contributed by atoms with Gasteiger partial charge in [-0.15, -0.1) is 0 Å². The number of piperazine rings is 1. The van der Waals surface area contributed by atoms with E-state index in [4.69, 9.17) is 0 Å². The molecule has 28 heavy (non-hydrogen) atoms. The van der Waals surface area contributed by atoms with Crippen LogP contribution in [-0.2, 0) is 19.4 Å². The fourth-order valence-corrected chi connectivity index (χ4v) is 4.46. The first-order valence-corrected chi connectivity index (χ1v) is 10.5. The molecule has 2 aromatic heterocycles. The van der Waals surface area contributed by atoms with Crippen LogP contribution in [0.15, 0.2) is 18.5 Å². The number of rotatable bonds is 6. The van der Waals surface area contributed by atoms with E-state index < -0.39 is 0 Å². The van der Waals surface area contributed by atoms with E-state index in [0.717, 1.165) is 81.9 Å². The Morgan fingerprint density at radius 3 is 2.39 bits per heavy atom. The van der Waals surface area contributed by atoms with Crippen LogP contribution in [0.5, 0.6) is 11.8 Å². The van der Waals surface area contributed by atoms with Gasteiger partial charge in [0.05, 0.1) is 0 Å². The maximum Gasteiger partial charge on any atom is 0.225 e. The molecule has 0 saturated carbocycles. The third kappa shape index (κ3) is 3.94. The molecule has 1 saturated heterocycles. The lowest BCUT2D eigenvalue weighted by Crippen LogP contribution is -2.47. The zero-order valence-corrected chi connectivity index (χ0v) is 16.7. The molecule has 2 aliphatic rings. The molecule has 0 amide bonds. The third-order valence-corrected chi connectivity index (χ3v) is 6.17. The van der Waals surface area contributed by atoms with Gasteiger partial charge in [0, 0.05) is 56.2 Å². The Balaban J connectivity index is 1.23. The molecule has 0 radical (unpaired) electrons. The van der Waals surface area contributed by atoms with Crippen LogP contribution in [0, 0.1) is 5.92 Å². The Kier molecular flexibility index (Phi) is 5.71. The van der Waals surface area contributed by atoms with Crippen molar-refractivity contribution in [2.75, 3.05) is 37.6 Å². The van der Waals surface area contributed by atoms with E-state index in [0.29, 0.717) is 12.5 Å². The van der Waals surface area contributed by atoms with Crippen molar-refractivity contribution in [2.45, 2.75) is 45.6 Å². The Hall–Kier alpha value is -2.28. The highest BCUT2D eigenvalue weighted by Crippen LogP contribution is 2.40. The highest BCUT2D eigenvalue weighted by Gasteiger charge is 2.27. The van der Waals surface area contributed by atoms with E-state index >= 15 is 0 Å². The van der Waals surface area contributed by atoms with E-state index in [1.807, 2.05) is 6.07 Å². The second kappa shape index (κ2) is 8.39. The Labute approximate surface area is 166 Å². The third-order valence-electron chi connectivity index (χ3n) is 6.17. The predicted molar refractivity (Wildman–Crippen MR) is 109 cm³/mol. The smallest absolute Gasteiger partial charge is 0.225 e. The number of aromatic nitrogens is 3. The van der Waals surface area contributed by atoms with E-state index in [1.165, 1.54) is 0 Å². The summed E-state index contributed by atoms with van der Waals surface area (Å²) in [5.41, 5.74) is 1.94. The van der Waals surface area contributed by atoms with Crippen LogP contribution in [0.1, 0.15) is 37.3 Å². The van der Waals surface area contributed by atoms with Gasteiger partial charge in [0.15, 0.2) is 11.8 Å². The summed E-state index contributed by atoms with van der Waals surface area (Å²) in [7, 11) is 0. The van der Waals surface area contributed by atoms with Crippen molar-refractivity contribution in [3.63, 3.8) is 0 Å². The molecule has 1 unspecified atom stereocenters. The predicted octanol–water partition coefficient (Wildman–Crippen LogP) is 2.42. The lowest BCUT2D eigenvalue weighted by atomic mass is 9.87. The van der Waals surface area contributed by atoms with Gasteiger partial charge in [-0.3, -0.25) is 9.47 Å². The molecule has 7 heteroatoms. The van der Waals surface area contributed by atoms with Crippen LogP contribution in [0.2, 0.25) is 0 Å². The molecule has 7 nitrogen and oxygen atoms in total. The molecule has 152 valence electrons. The summed E-state index contributed by atoms with van der Waals surface area (Å²) in [6.07, 6.45) is 8.42. The summed E-state index contributed by atoms with van der Waals surface area (Å²) in [4.78, 5) is 13.4. The van der Waals surface area contributed by atoms with Gasteiger partial charge in [0.25, 0.3) is 0 Å². The minimum absolute atomic E-state index is 0.288. The molecule has 1 atom stereocenters. The molecule has 0 bridgehead atoms. The largest absolute Gasteiger partial charge is 0.494 e. The standard InChI is InChI=1S/C21H31N5O2/c1-16-5-6-17-18(15-16)20(28)26(19(17)27)10-3-2-9-24-11-13-25(14-12-24)21-22-7-4-8-23-21/h4,7-8,16,27-28H,2-3,5-6,9-15H2,1H3. The van der Waals surface area contributed by atoms with E-state index in [1.54, 1.807) is 17.0 Å². The normalized spacial score (nSPS) is 20.3. The molecule has 3 heterocycles. The maximum atomic E-state index is 10.5. The van der Waals surface area contributed by atoms with Crippen molar-refractivity contribution in [1.82, 2.24) is 19.4 Å². The highest BCUT2D eigenvalue weighted by atomic mass is 16.3. The van der Waals surface area contributed by atoms with Crippen molar-refractivity contribution in [3.8, 4) is 11.8 Å². The molecular formula is C21H31N5O2. The molecule has 0 spiro atoms. The first kappa shape index (κ1) is 19.1. The monoisotopic (exact) mass is 385 g/mol. The van der Waals surface area contributed by atoms with Crippen molar-refractivity contribution in [3.05, 3.63) is 29.6 Å². The zero-order chi connectivity index (χ0) is 19.5. The number of hydrogen-bond donors (Lipinski definition) is 2. The zero-order valence-electron chi connectivity index (χ0n) is 16.7. The molecule has 2 aromatic rings. The van der Waals surface area contributed by atoms with Gasteiger partial charge >= 0.3 is 0 Å². The van der Waals surface area contributed by atoms with Crippen LogP contribution >= 0.6 is 0 Å². The van der Waals surface area contributed by atoms with Crippen LogP contribution < -0.4 is 4.90 Å². The van der Waals surface area contributed by atoms with E-state index in [-0.39, 0.29) is 11.8 Å². The molecule has 2 N–H and O–H groups in total. The lowest BCUT2D eigenvalue weighted by molar-refractivity contribution is 0.248. The van der Waals surface area contributed by atoms with Crippen LogP contribution in [0.3, 0.4) is 0 Å². The summed E-state index contributed by atoms with van der Waals surface area (Å²) in [6.45, 7) is 7.87. The second-order valence-electron chi connectivity index (χ2n) is 8.19. The molecule has 1 aliphatic carbocycles. The molecule has 1 fully saturated rings. The highest BCUT2D eigenvalue weighted by molar-refractivity contribution is 5.47. The summed E-state index contributed by atoms with van der Waals surface area (Å²) in [5.74, 6) is 1.97. The fraction of sp³-hybridized carbons (Fsp3) is 0.619. The van der Waals surface area contributed by atoms with Crippen molar-refractivity contribution >= 4 is 5.95 Å². The molecular weight excluding hydrogens is 354 g/mol. The molecule has 4 rings (SSSR count). The lowest BCUT2D eigenvalue weighted by Gasteiger charge is -2.34. The van der Waals surface area contributed by atoms with Gasteiger partial charge < -0.3 is 15.1 Å². The Bertz CT molecular complexity index is 784. The van der Waals surface area contributed by atoms with Crippen LogP contribution in [0.4, 0.5) is 5.95 Å². The summed E-state index contributed by atoms with van der Waals surface area (Å²) in [5, 5.41) is 21.0. The van der Waals surface area contributed by atoms with E-state index in [9.17, 15) is 10.2 Å². The first-order valence-electron chi connectivity index (χ1n) is 10.5. The minimum atomic E-state index is 0.288. The molecule has 1 aliphatic heterocycles. The number of anilines is 1. The van der Waals surface area contributed by atoms with Gasteiger partial charge in [0.2, 0.25) is 5.95 Å². The van der Waals surface area contributed by atoms with Gasteiger partial charge in [-0.05, 0) is 50.6 Å². The number of aromatic hydroxyl groups is 2. The van der Waals surface area contributed by atoms with Gasteiger partial charge in [0.1, 0.15) is 0 Å². The van der Waals surface area contributed by atoms with Crippen molar-refractivity contribution in [1.29, 1.82) is 0 Å². The Morgan fingerprint density at radius 2 is 1.64 bits per heavy atom. The number of hydrogen-bond acceptors (Lipinski definition) is 6. The van der Waals surface area contributed by atoms with E-state index in [2.05, 4.69) is 26.7 Å². The average molecular weight is 386 g/mol. The first-order chi connectivity index (χ1) is 13.6. The second-order valence-corrected chi connectivity index (χ2v) is 8.19. The quantitative estimate of drug-likeness (QED) is 0.744. The maximum absolute atomic E-state index is 10.5. The Morgan fingerprint density at radius 1 is 0.964 bits per heavy atom. The van der Waals surface area contributed by atoms with Crippen LogP contribution in [-0.4, -0.2) is 62.4 Å². The SMILES string of the molecule is CC1CCc2c(c(O)n(CCCCN3CCN(c4ncccn4)CC3)c2O)C1. The average Bonchev–Trinajstić information content (AvgIpc) is 2.96. The topological polar surface area (TPSA) is 77.7 Å². The summed E-state index contributed by atoms with van der Waals surface area (Å²) < 4.78 is 1.72. The number of fused-ring (bicyclic) bond motifs is 1. The van der Waals surface area contributed by atoms with Crippen molar-refractivity contribution in [2.24, 2.45) is 5.92 Å². The van der Waals surface area contributed by atoms with Gasteiger partial charge in [-0.1, -0.05) is 6.92 Å². The van der Waals surface area contributed by atoms with Gasteiger partial charge in [-0.2, -0.15) is 0 Å². The summed E-state index contributed by atoms with van der Waals surface area (Å²) in [6, 6.07) is 1.84. The van der Waals surface area contributed by atoms with Crippen molar-refractivity contribution < 1.29 is 10.2 Å². The minimum Gasteiger partial charge on any atom is -0.494 e. The van der Waals surface area contributed by atoms with Gasteiger partial charge in [-0.25, -0.2) is 9.97 Å².